The van der Waals surface area contributed by atoms with Gasteiger partial charge in [-0.3, -0.25) is 9.69 Å². The van der Waals surface area contributed by atoms with Gasteiger partial charge >= 0.3 is 0 Å². The van der Waals surface area contributed by atoms with Gasteiger partial charge in [0, 0.05) is 32.1 Å². The molecule has 2 rings (SSSR count). The van der Waals surface area contributed by atoms with Crippen molar-refractivity contribution in [3.8, 4) is 0 Å². The van der Waals surface area contributed by atoms with Gasteiger partial charge in [0.1, 0.15) is 0 Å². The molecule has 1 aliphatic rings. The Morgan fingerprint density at radius 1 is 1.25 bits per heavy atom. The second-order valence-electron chi connectivity index (χ2n) is 5.71. The third kappa shape index (κ3) is 4.97. The molecule has 1 saturated heterocycles. The van der Waals surface area contributed by atoms with Gasteiger partial charge in [0.05, 0.1) is 0 Å². The van der Waals surface area contributed by atoms with E-state index in [9.17, 15) is 4.79 Å². The number of amides is 1. The van der Waals surface area contributed by atoms with Crippen molar-refractivity contribution in [2.75, 3.05) is 13.1 Å². The molecule has 0 radical (unpaired) electrons. The number of nitrogens with one attached hydrogen (secondary N) is 1. The lowest BCUT2D eigenvalue weighted by Crippen LogP contribution is -2.44. The maximum Gasteiger partial charge on any atom is 0.220 e. The van der Waals surface area contributed by atoms with Crippen LogP contribution in [0.5, 0.6) is 0 Å². The van der Waals surface area contributed by atoms with Crippen LogP contribution in [0.1, 0.15) is 44.6 Å². The fourth-order valence-corrected chi connectivity index (χ4v) is 2.71. The fraction of sp³-hybridized carbons (Fsp3) is 0.588. The number of carbonyl (C=O) groups excluding carboxylic acids is 1. The summed E-state index contributed by atoms with van der Waals surface area (Å²) >= 11 is 0. The van der Waals surface area contributed by atoms with E-state index in [0.29, 0.717) is 12.5 Å². The fourth-order valence-electron chi connectivity index (χ4n) is 2.71. The van der Waals surface area contributed by atoms with Gasteiger partial charge in [-0.25, -0.2) is 0 Å². The van der Waals surface area contributed by atoms with E-state index < -0.39 is 0 Å². The van der Waals surface area contributed by atoms with Crippen molar-refractivity contribution in [3.05, 3.63) is 35.9 Å². The summed E-state index contributed by atoms with van der Waals surface area (Å²) in [5.41, 5.74) is 1.37. The van der Waals surface area contributed by atoms with Crippen LogP contribution in [-0.2, 0) is 11.3 Å². The van der Waals surface area contributed by atoms with E-state index in [1.165, 1.54) is 5.56 Å². The van der Waals surface area contributed by atoms with Crippen molar-refractivity contribution in [2.45, 2.75) is 51.6 Å². The Balaban J connectivity index is 1.68. The van der Waals surface area contributed by atoms with Gasteiger partial charge in [0.25, 0.3) is 0 Å². The molecule has 0 spiro atoms. The standard InChI is InChI=1S/C17H26N2O/c1-2-3-9-17(20)18-16-10-12-19(13-11-16)14-15-7-5-4-6-8-15/h4-8,16H,2-3,9-14H2,1H3,(H,18,20). The van der Waals surface area contributed by atoms with E-state index in [4.69, 9.17) is 0 Å². The summed E-state index contributed by atoms with van der Waals surface area (Å²) in [7, 11) is 0. The molecule has 1 aromatic rings. The molecule has 0 aliphatic carbocycles. The monoisotopic (exact) mass is 274 g/mol. The van der Waals surface area contributed by atoms with E-state index in [0.717, 1.165) is 45.3 Å². The first-order chi connectivity index (χ1) is 9.78. The highest BCUT2D eigenvalue weighted by molar-refractivity contribution is 5.76. The molecule has 1 aliphatic heterocycles. The van der Waals surface area contributed by atoms with Crippen molar-refractivity contribution < 1.29 is 4.79 Å². The van der Waals surface area contributed by atoms with Gasteiger partial charge in [0.15, 0.2) is 0 Å². The van der Waals surface area contributed by atoms with Crippen LogP contribution in [0.2, 0.25) is 0 Å². The summed E-state index contributed by atoms with van der Waals surface area (Å²) in [5, 5.41) is 3.17. The Morgan fingerprint density at radius 2 is 1.95 bits per heavy atom. The van der Waals surface area contributed by atoms with Crippen LogP contribution >= 0.6 is 0 Å². The Kier molecular flexibility index (Phi) is 6.06. The molecule has 0 bridgehead atoms. The summed E-state index contributed by atoms with van der Waals surface area (Å²) < 4.78 is 0. The summed E-state index contributed by atoms with van der Waals surface area (Å²) in [4.78, 5) is 14.2. The Morgan fingerprint density at radius 3 is 2.60 bits per heavy atom. The topological polar surface area (TPSA) is 32.3 Å². The normalized spacial score (nSPS) is 17.1. The number of benzene rings is 1. The average molecular weight is 274 g/mol. The largest absolute Gasteiger partial charge is 0.353 e. The van der Waals surface area contributed by atoms with E-state index in [-0.39, 0.29) is 5.91 Å². The van der Waals surface area contributed by atoms with Crippen LogP contribution in [0.25, 0.3) is 0 Å². The van der Waals surface area contributed by atoms with Crippen molar-refractivity contribution >= 4 is 5.91 Å². The predicted octanol–water partition coefficient (Wildman–Crippen LogP) is 2.96. The Labute approximate surface area is 122 Å². The Hall–Kier alpha value is -1.35. The van der Waals surface area contributed by atoms with Gasteiger partial charge in [-0.05, 0) is 24.8 Å². The van der Waals surface area contributed by atoms with Crippen LogP contribution in [0.4, 0.5) is 0 Å². The molecule has 1 fully saturated rings. The van der Waals surface area contributed by atoms with Gasteiger partial charge in [-0.15, -0.1) is 0 Å². The highest BCUT2D eigenvalue weighted by Gasteiger charge is 2.20. The number of hydrogen-bond donors (Lipinski definition) is 1. The maximum atomic E-state index is 11.7. The average Bonchev–Trinajstić information content (AvgIpc) is 2.48. The number of likely N-dealkylation sites (tertiary alicyclic amines) is 1. The summed E-state index contributed by atoms with van der Waals surface area (Å²) in [6, 6.07) is 11.0. The molecule has 3 nitrogen and oxygen atoms in total. The zero-order valence-electron chi connectivity index (χ0n) is 12.5. The van der Waals surface area contributed by atoms with Gasteiger partial charge in [-0.1, -0.05) is 43.7 Å². The molecular formula is C17H26N2O. The van der Waals surface area contributed by atoms with E-state index >= 15 is 0 Å². The van der Waals surface area contributed by atoms with E-state index in [2.05, 4.69) is 47.5 Å². The number of carbonyl (C=O) groups is 1. The van der Waals surface area contributed by atoms with Crippen molar-refractivity contribution in [3.63, 3.8) is 0 Å². The molecule has 1 N–H and O–H groups in total. The molecule has 20 heavy (non-hydrogen) atoms. The van der Waals surface area contributed by atoms with Crippen molar-refractivity contribution in [2.24, 2.45) is 0 Å². The Bertz CT molecular complexity index is 397. The quantitative estimate of drug-likeness (QED) is 0.865. The van der Waals surface area contributed by atoms with Crippen LogP contribution in [0.3, 0.4) is 0 Å². The summed E-state index contributed by atoms with van der Waals surface area (Å²) in [5.74, 6) is 0.230. The SMILES string of the molecule is CCCCC(=O)NC1CCN(Cc2ccccc2)CC1. The van der Waals surface area contributed by atoms with Crippen LogP contribution in [0.15, 0.2) is 30.3 Å². The first kappa shape index (κ1) is 15.0. The van der Waals surface area contributed by atoms with Crippen LogP contribution in [0, 0.1) is 0 Å². The lowest BCUT2D eigenvalue weighted by molar-refractivity contribution is -0.122. The van der Waals surface area contributed by atoms with Crippen LogP contribution in [-0.4, -0.2) is 29.9 Å². The maximum absolute atomic E-state index is 11.7. The number of unbranched alkanes of at least 4 members (excludes halogenated alkanes) is 1. The van der Waals surface area contributed by atoms with Crippen molar-refractivity contribution in [1.82, 2.24) is 10.2 Å². The highest BCUT2D eigenvalue weighted by Crippen LogP contribution is 2.14. The molecule has 0 saturated carbocycles. The summed E-state index contributed by atoms with van der Waals surface area (Å²) in [6.07, 6.45) is 4.91. The molecule has 0 atom stereocenters. The zero-order chi connectivity index (χ0) is 14.2. The molecule has 0 unspecified atom stereocenters. The molecular weight excluding hydrogens is 248 g/mol. The lowest BCUT2D eigenvalue weighted by atomic mass is 10.0. The van der Waals surface area contributed by atoms with Crippen LogP contribution < -0.4 is 5.32 Å². The second-order valence-corrected chi connectivity index (χ2v) is 5.71. The summed E-state index contributed by atoms with van der Waals surface area (Å²) in [6.45, 7) is 5.30. The number of hydrogen-bond acceptors (Lipinski definition) is 2. The zero-order valence-corrected chi connectivity index (χ0v) is 12.5. The molecule has 110 valence electrons. The molecule has 1 heterocycles. The lowest BCUT2D eigenvalue weighted by Gasteiger charge is -2.32. The van der Waals surface area contributed by atoms with Gasteiger partial charge in [0.2, 0.25) is 5.91 Å². The molecule has 3 heteroatoms. The first-order valence-electron chi connectivity index (χ1n) is 7.83. The molecule has 0 aromatic heterocycles. The third-order valence-corrected chi connectivity index (χ3v) is 3.96. The predicted molar refractivity (Wildman–Crippen MR) is 82.4 cm³/mol. The van der Waals surface area contributed by atoms with Gasteiger partial charge in [-0.2, -0.15) is 0 Å². The first-order valence-corrected chi connectivity index (χ1v) is 7.83. The number of rotatable bonds is 6. The minimum Gasteiger partial charge on any atom is -0.353 e. The number of piperidine rings is 1. The minimum atomic E-state index is 0.230. The molecule has 1 amide bonds. The van der Waals surface area contributed by atoms with E-state index in [1.54, 1.807) is 0 Å². The second kappa shape index (κ2) is 8.05. The van der Waals surface area contributed by atoms with Crippen molar-refractivity contribution in [1.29, 1.82) is 0 Å². The van der Waals surface area contributed by atoms with E-state index in [1.807, 2.05) is 0 Å². The highest BCUT2D eigenvalue weighted by atomic mass is 16.1. The third-order valence-electron chi connectivity index (χ3n) is 3.96. The van der Waals surface area contributed by atoms with Gasteiger partial charge < -0.3 is 5.32 Å². The molecule has 1 aromatic carbocycles. The number of nitrogens with zero attached hydrogens (tertiary/aromatic N) is 1. The minimum absolute atomic E-state index is 0.230. The smallest absolute Gasteiger partial charge is 0.220 e.